The van der Waals surface area contributed by atoms with Gasteiger partial charge in [-0.1, -0.05) is 34.6 Å². The highest BCUT2D eigenvalue weighted by atomic mass is 16.5. The highest BCUT2D eigenvalue weighted by Crippen LogP contribution is 2.25. The number of hydrogen-bond acceptors (Lipinski definition) is 4. The van der Waals surface area contributed by atoms with E-state index in [1.807, 2.05) is 36.9 Å². The zero-order valence-corrected chi connectivity index (χ0v) is 18.0. The highest BCUT2D eigenvalue weighted by molar-refractivity contribution is 6.07. The fourth-order valence-electron chi connectivity index (χ4n) is 3.13. The van der Waals surface area contributed by atoms with Crippen molar-refractivity contribution in [1.29, 1.82) is 0 Å². The number of nitrogens with zero attached hydrogens (tertiary/aromatic N) is 3. The molecule has 0 bridgehead atoms. The fourth-order valence-corrected chi connectivity index (χ4v) is 3.13. The van der Waals surface area contributed by atoms with Gasteiger partial charge in [0.25, 0.3) is 0 Å². The van der Waals surface area contributed by atoms with Crippen molar-refractivity contribution in [1.82, 2.24) is 14.7 Å². The van der Waals surface area contributed by atoms with E-state index < -0.39 is 0 Å². The number of fused-ring (bicyclic) bond motifs is 1. The van der Waals surface area contributed by atoms with E-state index in [-0.39, 0.29) is 24.2 Å². The molecule has 154 valence electrons. The van der Waals surface area contributed by atoms with Gasteiger partial charge < -0.3 is 9.64 Å². The third kappa shape index (κ3) is 5.12. The van der Waals surface area contributed by atoms with E-state index in [2.05, 4.69) is 25.9 Å². The lowest BCUT2D eigenvalue weighted by Crippen LogP contribution is -2.36. The number of Topliss-reactive ketones (excluding diaryl/α,β-unsaturated/α-hetero) is 1. The molecule has 0 spiro atoms. The minimum atomic E-state index is -0.160. The van der Waals surface area contributed by atoms with Gasteiger partial charge in [-0.05, 0) is 30.9 Å². The second-order valence-electron chi connectivity index (χ2n) is 7.97. The van der Waals surface area contributed by atoms with Gasteiger partial charge in [0.1, 0.15) is 18.0 Å². The quantitative estimate of drug-likeness (QED) is 0.574. The van der Waals surface area contributed by atoms with E-state index in [0.717, 1.165) is 36.8 Å². The van der Waals surface area contributed by atoms with Crippen LogP contribution in [0, 0.1) is 11.8 Å². The topological polar surface area (TPSA) is 64.4 Å². The second kappa shape index (κ2) is 9.71. The Morgan fingerprint density at radius 1 is 1.18 bits per heavy atom. The van der Waals surface area contributed by atoms with Gasteiger partial charge in [0.15, 0.2) is 5.78 Å². The first-order valence-corrected chi connectivity index (χ1v) is 10.1. The van der Waals surface area contributed by atoms with E-state index in [4.69, 9.17) is 4.74 Å². The van der Waals surface area contributed by atoms with Gasteiger partial charge in [-0.3, -0.25) is 14.3 Å². The lowest BCUT2D eigenvalue weighted by atomic mass is 10.0. The molecule has 0 saturated carbocycles. The Balaban J connectivity index is 2.38. The predicted molar refractivity (Wildman–Crippen MR) is 112 cm³/mol. The van der Waals surface area contributed by atoms with Crippen molar-refractivity contribution in [2.45, 2.75) is 54.0 Å². The molecule has 0 aliphatic rings. The first kappa shape index (κ1) is 21.9. The summed E-state index contributed by atoms with van der Waals surface area (Å²) in [6, 6.07) is 5.50. The summed E-state index contributed by atoms with van der Waals surface area (Å²) in [5.74, 6) is 1.06. The van der Waals surface area contributed by atoms with Crippen LogP contribution >= 0.6 is 0 Å². The monoisotopic (exact) mass is 387 g/mol. The Bertz CT molecular complexity index is 824. The van der Waals surface area contributed by atoms with Crippen LogP contribution in [-0.4, -0.2) is 46.6 Å². The molecule has 1 heterocycles. The number of ketones is 1. The number of benzene rings is 1. The van der Waals surface area contributed by atoms with Gasteiger partial charge in [0, 0.05) is 30.5 Å². The number of amides is 1. The number of aromatic nitrogens is 2. The molecule has 0 fully saturated rings. The number of ether oxygens (including phenoxy) is 1. The van der Waals surface area contributed by atoms with E-state index in [1.165, 1.54) is 0 Å². The molecule has 0 radical (unpaired) electrons. The number of hydrogen-bond donors (Lipinski definition) is 0. The van der Waals surface area contributed by atoms with E-state index in [9.17, 15) is 9.59 Å². The third-order valence-electron chi connectivity index (χ3n) is 4.82. The van der Waals surface area contributed by atoms with Crippen LogP contribution in [0.15, 0.2) is 18.2 Å². The van der Waals surface area contributed by atoms with Gasteiger partial charge in [-0.2, -0.15) is 5.10 Å². The van der Waals surface area contributed by atoms with Crippen molar-refractivity contribution < 1.29 is 14.3 Å². The smallest absolute Gasteiger partial charge is 0.244 e. The van der Waals surface area contributed by atoms with Gasteiger partial charge >= 0.3 is 0 Å². The van der Waals surface area contributed by atoms with Crippen LogP contribution in [0.5, 0.6) is 5.75 Å². The van der Waals surface area contributed by atoms with Crippen LogP contribution in [0.2, 0.25) is 0 Å². The molecule has 28 heavy (non-hydrogen) atoms. The molecular weight excluding hydrogens is 354 g/mol. The van der Waals surface area contributed by atoms with Crippen LogP contribution in [0.4, 0.5) is 0 Å². The maximum atomic E-state index is 13.0. The van der Waals surface area contributed by atoms with Crippen molar-refractivity contribution >= 4 is 22.6 Å². The van der Waals surface area contributed by atoms with Crippen LogP contribution in [0.3, 0.4) is 0 Å². The van der Waals surface area contributed by atoms with E-state index in [0.29, 0.717) is 17.4 Å². The summed E-state index contributed by atoms with van der Waals surface area (Å²) in [6.07, 6.45) is 1.88. The highest BCUT2D eigenvalue weighted by Gasteiger charge is 2.22. The standard InChI is InChI=1S/C22H33N3O3/c1-7-11-24(12-10-15(2)3)20(26)14-25-19-13-17(28-6)8-9-18(19)21(23-25)22(27)16(4)5/h8-9,13,15-16H,7,10-12,14H2,1-6H3. The zero-order valence-electron chi connectivity index (χ0n) is 18.0. The minimum Gasteiger partial charge on any atom is -0.497 e. The molecule has 0 aliphatic carbocycles. The molecule has 2 aromatic rings. The Kier molecular flexibility index (Phi) is 7.61. The molecule has 6 nitrogen and oxygen atoms in total. The lowest BCUT2D eigenvalue weighted by Gasteiger charge is -2.23. The molecule has 1 amide bonds. The Morgan fingerprint density at radius 3 is 2.46 bits per heavy atom. The summed E-state index contributed by atoms with van der Waals surface area (Å²) in [6.45, 7) is 11.7. The first-order valence-electron chi connectivity index (χ1n) is 10.1. The van der Waals surface area contributed by atoms with Crippen molar-refractivity contribution in [2.24, 2.45) is 11.8 Å². The summed E-state index contributed by atoms with van der Waals surface area (Å²) >= 11 is 0. The van der Waals surface area contributed by atoms with Crippen LogP contribution < -0.4 is 4.74 Å². The summed E-state index contributed by atoms with van der Waals surface area (Å²) in [4.78, 5) is 27.5. The van der Waals surface area contributed by atoms with Crippen molar-refractivity contribution in [3.63, 3.8) is 0 Å². The SMILES string of the molecule is CCCN(CCC(C)C)C(=O)Cn1nc(C(=O)C(C)C)c2ccc(OC)cc21. The third-order valence-corrected chi connectivity index (χ3v) is 4.82. The number of methoxy groups -OCH3 is 1. The first-order chi connectivity index (χ1) is 13.3. The molecule has 0 unspecified atom stereocenters. The van der Waals surface area contributed by atoms with Crippen LogP contribution in [0.25, 0.3) is 10.9 Å². The molecular formula is C22H33N3O3. The van der Waals surface area contributed by atoms with Crippen molar-refractivity contribution in [2.75, 3.05) is 20.2 Å². The summed E-state index contributed by atoms with van der Waals surface area (Å²) in [5.41, 5.74) is 1.17. The van der Waals surface area contributed by atoms with Gasteiger partial charge in [-0.25, -0.2) is 0 Å². The normalized spacial score (nSPS) is 11.4. The Morgan fingerprint density at radius 2 is 1.89 bits per heavy atom. The predicted octanol–water partition coefficient (Wildman–Crippen LogP) is 4.17. The average molecular weight is 388 g/mol. The lowest BCUT2D eigenvalue weighted by molar-refractivity contribution is -0.132. The van der Waals surface area contributed by atoms with E-state index in [1.54, 1.807) is 11.8 Å². The molecule has 1 aromatic heterocycles. The zero-order chi connectivity index (χ0) is 20.8. The number of carbonyl (C=O) groups is 2. The molecule has 0 saturated heterocycles. The maximum absolute atomic E-state index is 13.0. The minimum absolute atomic E-state index is 0.0217. The average Bonchev–Trinajstić information content (AvgIpc) is 3.01. The van der Waals surface area contributed by atoms with Crippen LogP contribution in [0.1, 0.15) is 57.9 Å². The Labute approximate surface area is 167 Å². The molecule has 6 heteroatoms. The van der Waals surface area contributed by atoms with Gasteiger partial charge in [0.2, 0.25) is 5.91 Å². The molecule has 2 rings (SSSR count). The molecule has 0 N–H and O–H groups in total. The van der Waals surface area contributed by atoms with Gasteiger partial charge in [-0.15, -0.1) is 0 Å². The number of carbonyl (C=O) groups excluding carboxylic acids is 2. The molecule has 0 atom stereocenters. The second-order valence-corrected chi connectivity index (χ2v) is 7.97. The van der Waals surface area contributed by atoms with Crippen molar-refractivity contribution in [3.05, 3.63) is 23.9 Å². The van der Waals surface area contributed by atoms with E-state index >= 15 is 0 Å². The van der Waals surface area contributed by atoms with Gasteiger partial charge in [0.05, 0.1) is 12.6 Å². The van der Waals surface area contributed by atoms with Crippen LogP contribution in [-0.2, 0) is 11.3 Å². The summed E-state index contributed by atoms with van der Waals surface area (Å²) < 4.78 is 6.98. The van der Waals surface area contributed by atoms with Crippen molar-refractivity contribution in [3.8, 4) is 5.75 Å². The molecule has 1 aromatic carbocycles. The largest absolute Gasteiger partial charge is 0.497 e. The summed E-state index contributed by atoms with van der Waals surface area (Å²) in [5, 5.41) is 5.29. The Hall–Kier alpha value is -2.37. The maximum Gasteiger partial charge on any atom is 0.244 e. The number of rotatable bonds is 10. The fraction of sp³-hybridized carbons (Fsp3) is 0.591. The molecule has 0 aliphatic heterocycles. The summed E-state index contributed by atoms with van der Waals surface area (Å²) in [7, 11) is 1.60.